The number of fused-ring (bicyclic) bond motifs is 3. The van der Waals surface area contributed by atoms with Crippen LogP contribution in [-0.2, 0) is 0 Å². The lowest BCUT2D eigenvalue weighted by Crippen LogP contribution is -1.90. The Bertz CT molecular complexity index is 1240. The molecule has 25 heavy (non-hydrogen) atoms. The molecule has 0 saturated carbocycles. The zero-order valence-electron chi connectivity index (χ0n) is 14.0. The maximum absolute atomic E-state index is 4.96. The molecule has 5 aromatic rings. The number of hydrogen-bond donors (Lipinski definition) is 0. The monoisotopic (exact) mass is 319 g/mol. The Morgan fingerprint density at radius 2 is 1.28 bits per heavy atom. The predicted octanol–water partition coefficient (Wildman–Crippen LogP) is 6.52. The molecule has 5 rings (SSSR count). The maximum atomic E-state index is 4.96. The van der Waals surface area contributed by atoms with Crippen LogP contribution in [0.2, 0.25) is 0 Å². The van der Waals surface area contributed by atoms with Crippen LogP contribution in [0.15, 0.2) is 84.9 Å². The molecule has 0 bridgehead atoms. The number of rotatable bonds is 1. The number of nitrogens with zero attached hydrogens (tertiary/aromatic N) is 1. The van der Waals surface area contributed by atoms with Gasteiger partial charge in [0, 0.05) is 16.3 Å². The topological polar surface area (TPSA) is 12.9 Å². The van der Waals surface area contributed by atoms with Crippen molar-refractivity contribution in [1.29, 1.82) is 0 Å². The van der Waals surface area contributed by atoms with E-state index in [0.29, 0.717) is 0 Å². The van der Waals surface area contributed by atoms with Crippen LogP contribution < -0.4 is 0 Å². The predicted molar refractivity (Wildman–Crippen MR) is 107 cm³/mol. The molecule has 118 valence electrons. The lowest BCUT2D eigenvalue weighted by Gasteiger charge is -2.13. The fourth-order valence-corrected chi connectivity index (χ4v) is 3.66. The summed E-state index contributed by atoms with van der Waals surface area (Å²) in [5, 5.41) is 4.91. The molecule has 0 spiro atoms. The lowest BCUT2D eigenvalue weighted by atomic mass is 9.94. The summed E-state index contributed by atoms with van der Waals surface area (Å²) < 4.78 is 0. The molecule has 0 amide bonds. The Balaban J connectivity index is 2.02. The van der Waals surface area contributed by atoms with E-state index in [0.717, 1.165) is 11.0 Å². The number of aryl methyl sites for hydroxylation is 1. The van der Waals surface area contributed by atoms with Gasteiger partial charge in [-0.2, -0.15) is 0 Å². The molecule has 0 saturated heterocycles. The molecule has 0 fully saturated rings. The normalized spacial score (nSPS) is 11.4. The highest BCUT2D eigenvalue weighted by Gasteiger charge is 2.12. The third-order valence-electron chi connectivity index (χ3n) is 4.86. The van der Waals surface area contributed by atoms with Crippen molar-refractivity contribution in [3.05, 3.63) is 90.5 Å². The number of benzene rings is 4. The first-order valence-electron chi connectivity index (χ1n) is 8.58. The van der Waals surface area contributed by atoms with E-state index in [1.54, 1.807) is 0 Å². The largest absolute Gasteiger partial charge is 0.248 e. The van der Waals surface area contributed by atoms with Gasteiger partial charge in [-0.25, -0.2) is 4.98 Å². The molecular formula is C24H17N. The second kappa shape index (κ2) is 5.42. The minimum Gasteiger partial charge on any atom is -0.248 e. The summed E-state index contributed by atoms with van der Waals surface area (Å²) in [6.45, 7) is 2.14. The van der Waals surface area contributed by atoms with Gasteiger partial charge in [0.15, 0.2) is 0 Å². The van der Waals surface area contributed by atoms with Crippen LogP contribution in [0, 0.1) is 6.92 Å². The molecule has 0 aliphatic heterocycles. The Hall–Kier alpha value is -3.19. The van der Waals surface area contributed by atoms with Gasteiger partial charge < -0.3 is 0 Å². The molecule has 0 radical (unpaired) electrons. The second-order valence-electron chi connectivity index (χ2n) is 6.59. The molecule has 0 unspecified atom stereocenters. The average Bonchev–Trinajstić information content (AvgIpc) is 2.65. The Morgan fingerprint density at radius 1 is 0.600 bits per heavy atom. The molecule has 4 aromatic carbocycles. The summed E-state index contributed by atoms with van der Waals surface area (Å²) in [6, 6.07) is 30.1. The van der Waals surface area contributed by atoms with Gasteiger partial charge in [0.25, 0.3) is 0 Å². The fraction of sp³-hybridized carbons (Fsp3) is 0.0417. The Morgan fingerprint density at radius 3 is 2.08 bits per heavy atom. The summed E-state index contributed by atoms with van der Waals surface area (Å²) in [5.74, 6) is 0. The van der Waals surface area contributed by atoms with E-state index in [1.165, 1.54) is 38.2 Å². The average molecular weight is 319 g/mol. The summed E-state index contributed by atoms with van der Waals surface area (Å²) >= 11 is 0. The molecule has 1 heterocycles. The van der Waals surface area contributed by atoms with Crippen molar-refractivity contribution in [2.75, 3.05) is 0 Å². The highest BCUT2D eigenvalue weighted by atomic mass is 14.7. The summed E-state index contributed by atoms with van der Waals surface area (Å²) in [5.41, 5.74) is 5.86. The van der Waals surface area contributed by atoms with Crippen molar-refractivity contribution in [2.24, 2.45) is 0 Å². The van der Waals surface area contributed by atoms with Crippen molar-refractivity contribution < 1.29 is 0 Å². The van der Waals surface area contributed by atoms with Gasteiger partial charge in [0.05, 0.1) is 11.0 Å². The summed E-state index contributed by atoms with van der Waals surface area (Å²) in [6.07, 6.45) is 0. The first-order chi connectivity index (χ1) is 12.3. The van der Waals surface area contributed by atoms with Crippen molar-refractivity contribution in [3.63, 3.8) is 0 Å². The number of hydrogen-bond acceptors (Lipinski definition) is 1. The van der Waals surface area contributed by atoms with Gasteiger partial charge in [0.1, 0.15) is 0 Å². The van der Waals surface area contributed by atoms with Gasteiger partial charge in [-0.1, -0.05) is 66.2 Å². The zero-order valence-corrected chi connectivity index (χ0v) is 14.0. The molecule has 1 aromatic heterocycles. The van der Waals surface area contributed by atoms with E-state index in [-0.39, 0.29) is 0 Å². The Kier molecular flexibility index (Phi) is 3.07. The minimum atomic E-state index is 1.05. The molecule has 1 heteroatoms. The van der Waals surface area contributed by atoms with E-state index in [1.807, 2.05) is 0 Å². The van der Waals surface area contributed by atoms with Crippen LogP contribution in [-0.4, -0.2) is 4.98 Å². The lowest BCUT2D eigenvalue weighted by molar-refractivity contribution is 1.45. The first kappa shape index (κ1) is 14.2. The van der Waals surface area contributed by atoms with E-state index in [2.05, 4.69) is 91.9 Å². The third-order valence-corrected chi connectivity index (χ3v) is 4.86. The molecular weight excluding hydrogens is 302 g/mol. The van der Waals surface area contributed by atoms with Crippen molar-refractivity contribution >= 4 is 32.6 Å². The van der Waals surface area contributed by atoms with E-state index in [4.69, 9.17) is 4.98 Å². The molecule has 1 nitrogen and oxygen atoms in total. The van der Waals surface area contributed by atoms with Crippen molar-refractivity contribution in [3.8, 4) is 11.1 Å². The quantitative estimate of drug-likeness (QED) is 0.321. The third kappa shape index (κ3) is 2.28. The molecule has 0 N–H and O–H groups in total. The first-order valence-corrected chi connectivity index (χ1v) is 8.58. The van der Waals surface area contributed by atoms with Crippen molar-refractivity contribution in [1.82, 2.24) is 4.98 Å². The van der Waals surface area contributed by atoms with Crippen LogP contribution in [0.1, 0.15) is 5.56 Å². The molecule has 0 aliphatic carbocycles. The van der Waals surface area contributed by atoms with Gasteiger partial charge in [-0.15, -0.1) is 0 Å². The Labute approximate surface area is 146 Å². The molecule has 0 atom stereocenters. The van der Waals surface area contributed by atoms with Gasteiger partial charge >= 0.3 is 0 Å². The van der Waals surface area contributed by atoms with Crippen LogP contribution in [0.25, 0.3) is 43.7 Å². The van der Waals surface area contributed by atoms with E-state index >= 15 is 0 Å². The SMILES string of the molecule is Cc1ccc2nc3cc4ccccc4cc3c(-c3ccccc3)c2c1. The number of pyridine rings is 1. The van der Waals surface area contributed by atoms with Gasteiger partial charge in [-0.05, 0) is 47.5 Å². The second-order valence-corrected chi connectivity index (χ2v) is 6.59. The highest BCUT2D eigenvalue weighted by molar-refractivity contribution is 6.12. The molecule has 0 aliphatic rings. The number of aromatic nitrogens is 1. The summed E-state index contributed by atoms with van der Waals surface area (Å²) in [4.78, 5) is 4.96. The fourth-order valence-electron chi connectivity index (χ4n) is 3.66. The van der Waals surface area contributed by atoms with Crippen LogP contribution in [0.5, 0.6) is 0 Å². The van der Waals surface area contributed by atoms with Crippen LogP contribution in [0.3, 0.4) is 0 Å². The van der Waals surface area contributed by atoms with Crippen molar-refractivity contribution in [2.45, 2.75) is 6.92 Å². The highest BCUT2D eigenvalue weighted by Crippen LogP contribution is 2.36. The smallest absolute Gasteiger partial charge is 0.0722 e. The van der Waals surface area contributed by atoms with Crippen LogP contribution in [0.4, 0.5) is 0 Å². The van der Waals surface area contributed by atoms with Crippen LogP contribution >= 0.6 is 0 Å². The zero-order chi connectivity index (χ0) is 16.8. The summed E-state index contributed by atoms with van der Waals surface area (Å²) in [7, 11) is 0. The van der Waals surface area contributed by atoms with Gasteiger partial charge in [-0.3, -0.25) is 0 Å². The van der Waals surface area contributed by atoms with Gasteiger partial charge in [0.2, 0.25) is 0 Å². The van der Waals surface area contributed by atoms with E-state index in [9.17, 15) is 0 Å². The van der Waals surface area contributed by atoms with E-state index < -0.39 is 0 Å². The maximum Gasteiger partial charge on any atom is 0.0722 e. The minimum absolute atomic E-state index is 1.05. The standard InChI is InChI=1S/C24H17N/c1-16-11-12-22-20(13-16)24(17-7-3-2-4-8-17)21-14-18-9-5-6-10-19(18)15-23(21)25-22/h2-15H,1H3.